The Morgan fingerprint density at radius 3 is 2.60 bits per heavy atom. The van der Waals surface area contributed by atoms with E-state index in [9.17, 15) is 0 Å². The lowest BCUT2D eigenvalue weighted by Gasteiger charge is -2.05. The standard InChI is InChI=1S/C20H17N5/c1-15-6-5-9-17(12-15)19-23-20(18-13-21-10-11-22-18)25(24-19)14-16-7-3-2-4-8-16/h2-13H,14H2,1H3. The Hall–Kier alpha value is -3.34. The maximum Gasteiger partial charge on any atom is 0.181 e. The summed E-state index contributed by atoms with van der Waals surface area (Å²) in [5.41, 5.74) is 4.05. The molecule has 25 heavy (non-hydrogen) atoms. The molecular formula is C20H17N5. The largest absolute Gasteiger partial charge is 0.261 e. The van der Waals surface area contributed by atoms with Gasteiger partial charge in [-0.1, -0.05) is 54.1 Å². The van der Waals surface area contributed by atoms with Gasteiger partial charge >= 0.3 is 0 Å². The number of benzene rings is 2. The lowest BCUT2D eigenvalue weighted by molar-refractivity contribution is 0.693. The first kappa shape index (κ1) is 15.2. The van der Waals surface area contributed by atoms with Gasteiger partial charge in [-0.05, 0) is 18.6 Å². The first-order valence-electron chi connectivity index (χ1n) is 8.12. The second-order valence-electron chi connectivity index (χ2n) is 5.86. The highest BCUT2D eigenvalue weighted by atomic mass is 15.4. The van der Waals surface area contributed by atoms with Crippen LogP contribution in [0.25, 0.3) is 22.9 Å². The van der Waals surface area contributed by atoms with E-state index in [4.69, 9.17) is 10.1 Å². The quantitative estimate of drug-likeness (QED) is 0.573. The number of aromatic nitrogens is 5. The lowest BCUT2D eigenvalue weighted by atomic mass is 10.1. The number of aryl methyl sites for hydroxylation is 1. The van der Waals surface area contributed by atoms with E-state index in [1.807, 2.05) is 35.0 Å². The van der Waals surface area contributed by atoms with Crippen molar-refractivity contribution in [1.82, 2.24) is 24.7 Å². The van der Waals surface area contributed by atoms with Crippen LogP contribution in [0.5, 0.6) is 0 Å². The van der Waals surface area contributed by atoms with Gasteiger partial charge in [0.25, 0.3) is 0 Å². The molecule has 2 heterocycles. The summed E-state index contributed by atoms with van der Waals surface area (Å²) in [6.07, 6.45) is 5.04. The molecule has 4 rings (SSSR count). The van der Waals surface area contributed by atoms with Gasteiger partial charge in [-0.2, -0.15) is 5.10 Å². The van der Waals surface area contributed by atoms with Gasteiger partial charge in [0.2, 0.25) is 0 Å². The zero-order valence-electron chi connectivity index (χ0n) is 13.9. The summed E-state index contributed by atoms with van der Waals surface area (Å²) in [6, 6.07) is 18.4. The normalized spacial score (nSPS) is 10.8. The van der Waals surface area contributed by atoms with Gasteiger partial charge in [-0.3, -0.25) is 4.98 Å². The second kappa shape index (κ2) is 6.65. The molecule has 0 aliphatic rings. The molecule has 0 fully saturated rings. The average Bonchev–Trinajstić information content (AvgIpc) is 3.07. The Morgan fingerprint density at radius 2 is 1.84 bits per heavy atom. The van der Waals surface area contributed by atoms with Crippen LogP contribution >= 0.6 is 0 Å². The van der Waals surface area contributed by atoms with Crippen LogP contribution in [0.4, 0.5) is 0 Å². The SMILES string of the molecule is Cc1cccc(-c2nc(-c3cnccn3)n(Cc3ccccc3)n2)c1. The van der Waals surface area contributed by atoms with E-state index < -0.39 is 0 Å². The van der Waals surface area contributed by atoms with E-state index in [0.717, 1.165) is 11.1 Å². The smallest absolute Gasteiger partial charge is 0.181 e. The van der Waals surface area contributed by atoms with E-state index >= 15 is 0 Å². The zero-order chi connectivity index (χ0) is 17.1. The molecule has 0 aliphatic carbocycles. The summed E-state index contributed by atoms with van der Waals surface area (Å²) in [5, 5.41) is 4.73. The maximum absolute atomic E-state index is 4.74. The molecule has 0 amide bonds. The average molecular weight is 327 g/mol. The van der Waals surface area contributed by atoms with E-state index in [0.29, 0.717) is 23.9 Å². The zero-order valence-corrected chi connectivity index (χ0v) is 13.9. The van der Waals surface area contributed by atoms with Crippen molar-refractivity contribution in [2.45, 2.75) is 13.5 Å². The minimum absolute atomic E-state index is 0.631. The Labute approximate surface area is 146 Å². The predicted molar refractivity (Wildman–Crippen MR) is 96.8 cm³/mol. The van der Waals surface area contributed by atoms with Crippen LogP contribution in [-0.4, -0.2) is 24.7 Å². The van der Waals surface area contributed by atoms with Crippen molar-refractivity contribution in [3.05, 3.63) is 84.3 Å². The van der Waals surface area contributed by atoms with Crippen molar-refractivity contribution in [2.24, 2.45) is 0 Å². The van der Waals surface area contributed by atoms with Crippen molar-refractivity contribution in [1.29, 1.82) is 0 Å². The second-order valence-corrected chi connectivity index (χ2v) is 5.86. The van der Waals surface area contributed by atoms with E-state index in [1.165, 1.54) is 5.56 Å². The highest BCUT2D eigenvalue weighted by Crippen LogP contribution is 2.22. The fourth-order valence-corrected chi connectivity index (χ4v) is 2.72. The molecule has 0 saturated heterocycles. The number of nitrogens with zero attached hydrogens (tertiary/aromatic N) is 5. The molecule has 2 aromatic carbocycles. The minimum Gasteiger partial charge on any atom is -0.261 e. The lowest BCUT2D eigenvalue weighted by Crippen LogP contribution is -2.05. The summed E-state index contributed by atoms with van der Waals surface area (Å²) >= 11 is 0. The van der Waals surface area contributed by atoms with Gasteiger partial charge in [0.05, 0.1) is 12.7 Å². The minimum atomic E-state index is 0.631. The third-order valence-corrected chi connectivity index (χ3v) is 3.92. The Kier molecular flexibility index (Phi) is 4.04. The van der Waals surface area contributed by atoms with Crippen LogP contribution in [0, 0.1) is 6.92 Å². The Morgan fingerprint density at radius 1 is 0.960 bits per heavy atom. The highest BCUT2D eigenvalue weighted by Gasteiger charge is 2.15. The topological polar surface area (TPSA) is 56.5 Å². The molecule has 0 unspecified atom stereocenters. The molecule has 2 aromatic heterocycles. The third-order valence-electron chi connectivity index (χ3n) is 3.92. The summed E-state index contributed by atoms with van der Waals surface area (Å²) in [6.45, 7) is 2.69. The number of hydrogen-bond donors (Lipinski definition) is 0. The van der Waals surface area contributed by atoms with Gasteiger partial charge in [0.1, 0.15) is 5.69 Å². The molecular weight excluding hydrogens is 310 g/mol. The van der Waals surface area contributed by atoms with Crippen LogP contribution in [-0.2, 0) is 6.54 Å². The highest BCUT2D eigenvalue weighted by molar-refractivity contribution is 5.60. The summed E-state index contributed by atoms with van der Waals surface area (Å²) < 4.78 is 1.89. The fourth-order valence-electron chi connectivity index (χ4n) is 2.72. The van der Waals surface area contributed by atoms with Crippen molar-refractivity contribution >= 4 is 0 Å². The molecule has 0 N–H and O–H groups in total. The fraction of sp³-hybridized carbons (Fsp3) is 0.100. The Bertz CT molecular complexity index is 977. The molecule has 5 heteroatoms. The van der Waals surface area contributed by atoms with Crippen LogP contribution in [0.15, 0.2) is 73.2 Å². The summed E-state index contributed by atoms with van der Waals surface area (Å²) in [5.74, 6) is 1.41. The molecule has 4 aromatic rings. The molecule has 122 valence electrons. The van der Waals surface area contributed by atoms with Gasteiger partial charge in [0, 0.05) is 18.0 Å². The van der Waals surface area contributed by atoms with Crippen molar-refractivity contribution in [2.75, 3.05) is 0 Å². The van der Waals surface area contributed by atoms with Crippen LogP contribution in [0.2, 0.25) is 0 Å². The summed E-state index contributed by atoms with van der Waals surface area (Å²) in [4.78, 5) is 13.3. The van der Waals surface area contributed by atoms with E-state index in [-0.39, 0.29) is 0 Å². The first-order chi connectivity index (χ1) is 12.3. The number of hydrogen-bond acceptors (Lipinski definition) is 4. The van der Waals surface area contributed by atoms with Crippen LogP contribution < -0.4 is 0 Å². The molecule has 0 saturated carbocycles. The van der Waals surface area contributed by atoms with Crippen molar-refractivity contribution in [3.8, 4) is 22.9 Å². The monoisotopic (exact) mass is 327 g/mol. The first-order valence-corrected chi connectivity index (χ1v) is 8.12. The molecule has 0 spiro atoms. The third kappa shape index (κ3) is 3.30. The van der Waals surface area contributed by atoms with Crippen molar-refractivity contribution < 1.29 is 0 Å². The van der Waals surface area contributed by atoms with Crippen molar-refractivity contribution in [3.63, 3.8) is 0 Å². The molecule has 0 aliphatic heterocycles. The molecule has 5 nitrogen and oxygen atoms in total. The predicted octanol–water partition coefficient (Wildman–Crippen LogP) is 3.76. The van der Waals surface area contributed by atoms with Crippen LogP contribution in [0.3, 0.4) is 0 Å². The van der Waals surface area contributed by atoms with Crippen LogP contribution in [0.1, 0.15) is 11.1 Å². The van der Waals surface area contributed by atoms with Gasteiger partial charge in [-0.25, -0.2) is 14.6 Å². The van der Waals surface area contributed by atoms with Gasteiger partial charge in [0.15, 0.2) is 11.6 Å². The van der Waals surface area contributed by atoms with Gasteiger partial charge < -0.3 is 0 Å². The number of rotatable bonds is 4. The maximum atomic E-state index is 4.74. The van der Waals surface area contributed by atoms with E-state index in [1.54, 1.807) is 18.6 Å². The van der Waals surface area contributed by atoms with Gasteiger partial charge in [-0.15, -0.1) is 0 Å². The van der Waals surface area contributed by atoms with E-state index in [2.05, 4.69) is 41.2 Å². The Balaban J connectivity index is 1.80. The molecule has 0 atom stereocenters. The molecule has 0 radical (unpaired) electrons. The summed E-state index contributed by atoms with van der Waals surface area (Å²) in [7, 11) is 0. The molecule has 0 bridgehead atoms.